The molecule has 0 bridgehead atoms. The zero-order chi connectivity index (χ0) is 24.1. The van der Waals surface area contributed by atoms with Gasteiger partial charge in [0.25, 0.3) is 0 Å². The van der Waals surface area contributed by atoms with Crippen molar-refractivity contribution >= 4 is 11.9 Å². The molecule has 0 heterocycles. The van der Waals surface area contributed by atoms with Gasteiger partial charge in [0.15, 0.2) is 5.41 Å². The Hall–Kier alpha value is -4.18. The summed E-state index contributed by atoms with van der Waals surface area (Å²) in [5.74, 6) is -1.09. The predicted molar refractivity (Wildman–Crippen MR) is 134 cm³/mol. The first-order valence-electron chi connectivity index (χ1n) is 11.7. The molecule has 35 heavy (non-hydrogen) atoms. The Morgan fingerprint density at radius 1 is 0.571 bits per heavy atom. The number of benzene rings is 4. The summed E-state index contributed by atoms with van der Waals surface area (Å²) in [5.41, 5.74) is 4.42. The summed E-state index contributed by atoms with van der Waals surface area (Å²) in [6, 6.07) is 35.1. The molecule has 0 radical (unpaired) electrons. The smallest absolute Gasteiger partial charge is 0.324 e. The van der Waals surface area contributed by atoms with Crippen LogP contribution in [0, 0.1) is 5.41 Å². The van der Waals surface area contributed by atoms with Gasteiger partial charge >= 0.3 is 11.9 Å². The van der Waals surface area contributed by atoms with Gasteiger partial charge in [-0.15, -0.1) is 0 Å². The quantitative estimate of drug-likeness (QED) is 0.253. The molecule has 1 aliphatic rings. The van der Waals surface area contributed by atoms with Crippen molar-refractivity contribution in [1.82, 2.24) is 0 Å². The molecule has 4 aromatic rings. The molecule has 0 aliphatic heterocycles. The summed E-state index contributed by atoms with van der Waals surface area (Å²) in [6.45, 7) is 0.220. The summed E-state index contributed by atoms with van der Waals surface area (Å²) in [4.78, 5) is 27.0. The van der Waals surface area contributed by atoms with Gasteiger partial charge in [0.2, 0.25) is 0 Å². The van der Waals surface area contributed by atoms with Gasteiger partial charge in [-0.3, -0.25) is 9.59 Å². The minimum atomic E-state index is -1.40. The van der Waals surface area contributed by atoms with E-state index in [1.807, 2.05) is 103 Å². The van der Waals surface area contributed by atoms with E-state index in [0.717, 1.165) is 33.4 Å². The van der Waals surface area contributed by atoms with Gasteiger partial charge in [0, 0.05) is 0 Å². The van der Waals surface area contributed by atoms with Crippen LogP contribution in [0.1, 0.15) is 22.3 Å². The van der Waals surface area contributed by atoms with Crippen molar-refractivity contribution in [2.24, 2.45) is 5.41 Å². The molecule has 0 unspecified atom stereocenters. The molecule has 4 nitrogen and oxygen atoms in total. The largest absolute Gasteiger partial charge is 0.460 e. The molecule has 0 fully saturated rings. The van der Waals surface area contributed by atoms with Crippen molar-refractivity contribution < 1.29 is 19.1 Å². The number of ether oxygens (including phenoxy) is 2. The van der Waals surface area contributed by atoms with Gasteiger partial charge in [-0.1, -0.05) is 109 Å². The van der Waals surface area contributed by atoms with Crippen LogP contribution in [0.5, 0.6) is 0 Å². The third-order valence-electron chi connectivity index (χ3n) is 6.50. The molecular formula is C31H26O4. The maximum atomic E-state index is 13.5. The molecule has 0 amide bonds. The maximum Gasteiger partial charge on any atom is 0.324 e. The summed E-state index contributed by atoms with van der Waals surface area (Å²) in [6.07, 6.45) is 0.517. The summed E-state index contributed by atoms with van der Waals surface area (Å²) >= 11 is 0. The molecule has 5 rings (SSSR count). The average Bonchev–Trinajstić information content (AvgIpc) is 3.32. The van der Waals surface area contributed by atoms with Crippen molar-refractivity contribution in [1.29, 1.82) is 0 Å². The standard InChI is InChI=1S/C31H26O4/c32-29(34-21-23-10-4-1-5-11-23)31(30(33)35-22-24-12-6-2-7-13-24)19-27-17-16-26(18-28(27)20-31)25-14-8-3-9-15-25/h1-18H,19-22H2. The van der Waals surface area contributed by atoms with Gasteiger partial charge in [0.05, 0.1) is 0 Å². The Bertz CT molecular complexity index is 1260. The van der Waals surface area contributed by atoms with Crippen LogP contribution in [0.15, 0.2) is 109 Å². The lowest BCUT2D eigenvalue weighted by atomic mass is 9.84. The van der Waals surface area contributed by atoms with Crippen molar-refractivity contribution in [3.63, 3.8) is 0 Å². The van der Waals surface area contributed by atoms with Crippen molar-refractivity contribution in [2.45, 2.75) is 26.1 Å². The second-order valence-corrected chi connectivity index (χ2v) is 8.91. The minimum Gasteiger partial charge on any atom is -0.460 e. The number of carbonyl (C=O) groups excluding carboxylic acids is 2. The van der Waals surface area contributed by atoms with Crippen LogP contribution in [0.4, 0.5) is 0 Å². The highest BCUT2D eigenvalue weighted by atomic mass is 16.6. The minimum absolute atomic E-state index is 0.110. The molecule has 0 spiro atoms. The SMILES string of the molecule is O=C(OCc1ccccc1)C1(C(=O)OCc2ccccc2)Cc2ccc(-c3ccccc3)cc2C1. The van der Waals surface area contributed by atoms with Gasteiger partial charge in [-0.05, 0) is 46.2 Å². The maximum absolute atomic E-state index is 13.5. The molecular weight excluding hydrogens is 436 g/mol. The Labute approximate surface area is 205 Å². The van der Waals surface area contributed by atoms with E-state index in [9.17, 15) is 9.59 Å². The third-order valence-corrected chi connectivity index (χ3v) is 6.50. The van der Waals surface area contributed by atoms with Crippen molar-refractivity contribution in [2.75, 3.05) is 0 Å². The van der Waals surface area contributed by atoms with Gasteiger partial charge in [-0.25, -0.2) is 0 Å². The first-order chi connectivity index (χ1) is 17.1. The lowest BCUT2D eigenvalue weighted by Gasteiger charge is -2.24. The Balaban J connectivity index is 1.41. The number of rotatable bonds is 7. The first kappa shape index (κ1) is 22.6. The van der Waals surface area contributed by atoms with Crippen LogP contribution in [0.3, 0.4) is 0 Å². The van der Waals surface area contributed by atoms with Crippen molar-refractivity contribution in [3.8, 4) is 11.1 Å². The number of hydrogen-bond acceptors (Lipinski definition) is 4. The average molecular weight is 463 g/mol. The molecule has 4 heteroatoms. The van der Waals surface area contributed by atoms with Crippen LogP contribution >= 0.6 is 0 Å². The molecule has 174 valence electrons. The van der Waals surface area contributed by atoms with E-state index >= 15 is 0 Å². The molecule has 0 saturated heterocycles. The third kappa shape index (κ3) is 4.87. The van der Waals surface area contributed by atoms with E-state index in [4.69, 9.17) is 9.47 Å². The molecule has 0 aromatic heterocycles. The van der Waals surface area contributed by atoms with E-state index < -0.39 is 17.4 Å². The van der Waals surface area contributed by atoms with Crippen LogP contribution < -0.4 is 0 Å². The highest BCUT2D eigenvalue weighted by Gasteiger charge is 2.53. The summed E-state index contributed by atoms with van der Waals surface area (Å²) < 4.78 is 11.4. The van der Waals surface area contributed by atoms with Crippen LogP contribution in [0.25, 0.3) is 11.1 Å². The lowest BCUT2D eigenvalue weighted by molar-refractivity contribution is -0.173. The van der Waals surface area contributed by atoms with E-state index in [-0.39, 0.29) is 26.1 Å². The Morgan fingerprint density at radius 2 is 1.06 bits per heavy atom. The second kappa shape index (κ2) is 9.98. The molecule has 0 atom stereocenters. The summed E-state index contributed by atoms with van der Waals surface area (Å²) in [5, 5.41) is 0. The Morgan fingerprint density at radius 3 is 1.60 bits per heavy atom. The van der Waals surface area contributed by atoms with Crippen LogP contribution in [-0.4, -0.2) is 11.9 Å². The van der Waals surface area contributed by atoms with Crippen LogP contribution in [0.2, 0.25) is 0 Å². The van der Waals surface area contributed by atoms with E-state index in [0.29, 0.717) is 0 Å². The fourth-order valence-corrected chi connectivity index (χ4v) is 4.58. The van der Waals surface area contributed by atoms with Gasteiger partial charge < -0.3 is 9.47 Å². The normalized spacial score (nSPS) is 13.6. The number of hydrogen-bond donors (Lipinski definition) is 0. The molecule has 4 aromatic carbocycles. The number of esters is 2. The topological polar surface area (TPSA) is 52.6 Å². The first-order valence-corrected chi connectivity index (χ1v) is 11.7. The lowest BCUT2D eigenvalue weighted by Crippen LogP contribution is -2.42. The monoisotopic (exact) mass is 462 g/mol. The Kier molecular flexibility index (Phi) is 6.44. The summed E-state index contributed by atoms with van der Waals surface area (Å²) in [7, 11) is 0. The fourth-order valence-electron chi connectivity index (χ4n) is 4.58. The predicted octanol–water partition coefficient (Wildman–Crippen LogP) is 5.93. The fraction of sp³-hybridized carbons (Fsp3) is 0.161. The van der Waals surface area contributed by atoms with E-state index in [1.54, 1.807) is 0 Å². The molecule has 0 saturated carbocycles. The highest BCUT2D eigenvalue weighted by Crippen LogP contribution is 2.41. The second-order valence-electron chi connectivity index (χ2n) is 8.91. The zero-order valence-electron chi connectivity index (χ0n) is 19.4. The van der Waals surface area contributed by atoms with Gasteiger partial charge in [-0.2, -0.15) is 0 Å². The molecule has 0 N–H and O–H groups in total. The zero-order valence-corrected chi connectivity index (χ0v) is 19.4. The van der Waals surface area contributed by atoms with E-state index in [2.05, 4.69) is 6.07 Å². The van der Waals surface area contributed by atoms with Crippen LogP contribution in [-0.2, 0) is 45.1 Å². The van der Waals surface area contributed by atoms with E-state index in [1.165, 1.54) is 0 Å². The van der Waals surface area contributed by atoms with Gasteiger partial charge in [0.1, 0.15) is 13.2 Å². The van der Waals surface area contributed by atoms with Crippen molar-refractivity contribution in [3.05, 3.63) is 131 Å². The highest BCUT2D eigenvalue weighted by molar-refractivity contribution is 6.01. The number of carbonyl (C=O) groups is 2. The molecule has 1 aliphatic carbocycles. The number of fused-ring (bicyclic) bond motifs is 1.